The molecule has 1 amide bonds. The van der Waals surface area contributed by atoms with E-state index in [-0.39, 0.29) is 29.6 Å². The van der Waals surface area contributed by atoms with Gasteiger partial charge < -0.3 is 31.0 Å². The van der Waals surface area contributed by atoms with Crippen LogP contribution in [0.4, 0.5) is 0 Å². The van der Waals surface area contributed by atoms with E-state index in [2.05, 4.69) is 71.3 Å². The van der Waals surface area contributed by atoms with Gasteiger partial charge in [0, 0.05) is 12.6 Å². The highest BCUT2D eigenvalue weighted by Crippen LogP contribution is 2.65. The fourth-order valence-corrected chi connectivity index (χ4v) is 6.75. The highest BCUT2D eigenvalue weighted by Gasteiger charge is 2.68. The Morgan fingerprint density at radius 1 is 1.03 bits per heavy atom. The Balaban J connectivity index is 1.65. The molecule has 0 unspecified atom stereocenters. The van der Waals surface area contributed by atoms with E-state index >= 15 is 0 Å². The quantitative estimate of drug-likeness (QED) is 0.201. The summed E-state index contributed by atoms with van der Waals surface area (Å²) in [6, 6.07) is 0.0450. The summed E-state index contributed by atoms with van der Waals surface area (Å²) in [6.07, 6.45) is 5.87. The second kappa shape index (κ2) is 12.5. The van der Waals surface area contributed by atoms with Crippen molar-refractivity contribution in [2.45, 2.75) is 124 Å². The van der Waals surface area contributed by atoms with Gasteiger partial charge in [0.2, 0.25) is 5.91 Å². The van der Waals surface area contributed by atoms with Crippen LogP contribution >= 0.6 is 0 Å². The standard InChI is InChI=1S/C28H55BN4O3/c1-18(2)13-25(29-35-24-15-21-14-23(27(21,6)7)28(24,8)36-29)33-26(34)22(11-9-10-12-30)32-17-20(5)31-16-19(3)4/h18-25,31-32H,9-17,30H2,1-8H3,(H,33,34)/t20-,21-,22-,23-,24+,25-,28-/m0/s1. The second-order valence-corrected chi connectivity index (χ2v) is 13.5. The number of unbranched alkanes of at least 4 members (excludes halogenated alkanes) is 1. The largest absolute Gasteiger partial charge is 0.481 e. The maximum Gasteiger partial charge on any atom is 0.481 e. The molecule has 0 aromatic rings. The van der Waals surface area contributed by atoms with Gasteiger partial charge in [-0.2, -0.15) is 0 Å². The first-order chi connectivity index (χ1) is 16.9. The molecule has 1 heterocycles. The van der Waals surface area contributed by atoms with Crippen molar-refractivity contribution in [2.24, 2.45) is 34.8 Å². The molecule has 4 aliphatic rings. The van der Waals surface area contributed by atoms with Gasteiger partial charge in [-0.15, -0.1) is 0 Å². The van der Waals surface area contributed by atoms with Crippen LogP contribution in [0, 0.1) is 29.1 Å². The Morgan fingerprint density at radius 3 is 2.36 bits per heavy atom. The molecule has 7 nitrogen and oxygen atoms in total. The SMILES string of the molecule is CC(C)CN[C@@H](C)CN[C@@H](CCCCN)C(=O)N[C@@H](CC(C)C)B1O[C@@H]2C[C@@H]3C[C@@H](C3(C)C)[C@]2(C)O1. The Labute approximate surface area is 221 Å². The van der Waals surface area contributed by atoms with E-state index in [4.69, 9.17) is 15.0 Å². The van der Waals surface area contributed by atoms with E-state index in [9.17, 15) is 4.79 Å². The Bertz CT molecular complexity index is 721. The number of carbonyl (C=O) groups excluding carboxylic acids is 1. The predicted molar refractivity (Wildman–Crippen MR) is 148 cm³/mol. The molecule has 0 spiro atoms. The van der Waals surface area contributed by atoms with Gasteiger partial charge in [0.15, 0.2) is 0 Å². The van der Waals surface area contributed by atoms with E-state index in [1.165, 1.54) is 6.42 Å². The molecule has 4 rings (SSSR count). The summed E-state index contributed by atoms with van der Waals surface area (Å²) in [5.74, 6) is 2.14. The molecule has 36 heavy (non-hydrogen) atoms. The van der Waals surface area contributed by atoms with Gasteiger partial charge in [-0.1, -0.05) is 48.0 Å². The average Bonchev–Trinajstić information content (AvgIpc) is 3.16. The zero-order valence-corrected chi connectivity index (χ0v) is 24.4. The van der Waals surface area contributed by atoms with E-state index in [1.807, 2.05) is 0 Å². The van der Waals surface area contributed by atoms with Gasteiger partial charge in [0.05, 0.1) is 23.7 Å². The van der Waals surface area contributed by atoms with Crippen molar-refractivity contribution in [3.8, 4) is 0 Å². The lowest BCUT2D eigenvalue weighted by atomic mass is 9.43. The van der Waals surface area contributed by atoms with Gasteiger partial charge in [0.25, 0.3) is 0 Å². The lowest BCUT2D eigenvalue weighted by Crippen LogP contribution is -2.65. The van der Waals surface area contributed by atoms with Crippen LogP contribution in [0.3, 0.4) is 0 Å². The van der Waals surface area contributed by atoms with Crippen molar-refractivity contribution < 1.29 is 14.1 Å². The fraction of sp³-hybridized carbons (Fsp3) is 0.964. The second-order valence-electron chi connectivity index (χ2n) is 13.5. The Hall–Kier alpha value is -0.665. The number of hydrogen-bond donors (Lipinski definition) is 4. The van der Waals surface area contributed by atoms with Crippen LogP contribution < -0.4 is 21.7 Å². The Kier molecular flexibility index (Phi) is 10.3. The number of rotatable bonds is 15. The highest BCUT2D eigenvalue weighted by atomic mass is 16.7. The maximum atomic E-state index is 13.6. The number of nitrogens with two attached hydrogens (primary N) is 1. The van der Waals surface area contributed by atoms with E-state index in [1.54, 1.807) is 0 Å². The highest BCUT2D eigenvalue weighted by molar-refractivity contribution is 6.47. The minimum absolute atomic E-state index is 0.0468. The third-order valence-electron chi connectivity index (χ3n) is 9.16. The zero-order valence-electron chi connectivity index (χ0n) is 24.4. The van der Waals surface area contributed by atoms with E-state index in [0.717, 1.165) is 45.2 Å². The smallest absolute Gasteiger partial charge is 0.404 e. The van der Waals surface area contributed by atoms with Gasteiger partial charge in [-0.25, -0.2) is 0 Å². The normalized spacial score (nSPS) is 31.2. The summed E-state index contributed by atoms with van der Waals surface area (Å²) in [5.41, 5.74) is 5.78. The molecule has 3 saturated carbocycles. The van der Waals surface area contributed by atoms with Crippen LogP contribution in [0.25, 0.3) is 0 Å². The van der Waals surface area contributed by atoms with Crippen molar-refractivity contribution >= 4 is 13.0 Å². The number of hydrogen-bond acceptors (Lipinski definition) is 6. The lowest BCUT2D eigenvalue weighted by Gasteiger charge is -2.64. The minimum atomic E-state index is -0.391. The van der Waals surface area contributed by atoms with Gasteiger partial charge in [-0.05, 0) is 88.1 Å². The molecule has 208 valence electrons. The third-order valence-corrected chi connectivity index (χ3v) is 9.16. The van der Waals surface area contributed by atoms with E-state index < -0.39 is 7.12 Å². The molecule has 0 aromatic heterocycles. The molecule has 4 fully saturated rings. The molecule has 0 aromatic carbocycles. The lowest BCUT2D eigenvalue weighted by molar-refractivity contribution is -0.199. The van der Waals surface area contributed by atoms with Crippen molar-refractivity contribution in [2.75, 3.05) is 19.6 Å². The average molecular weight is 507 g/mol. The summed E-state index contributed by atoms with van der Waals surface area (Å²) in [5, 5.41) is 10.4. The molecule has 3 aliphatic carbocycles. The summed E-state index contributed by atoms with van der Waals surface area (Å²) in [4.78, 5) is 13.6. The molecule has 5 N–H and O–H groups in total. The topological polar surface area (TPSA) is 97.6 Å². The molecular formula is C28H55BN4O3. The number of amides is 1. The van der Waals surface area contributed by atoms with Gasteiger partial charge in [0.1, 0.15) is 0 Å². The monoisotopic (exact) mass is 506 g/mol. The molecule has 8 heteroatoms. The van der Waals surface area contributed by atoms with Gasteiger partial charge >= 0.3 is 7.12 Å². The van der Waals surface area contributed by atoms with Gasteiger partial charge in [-0.3, -0.25) is 4.79 Å². The summed E-state index contributed by atoms with van der Waals surface area (Å²) in [7, 11) is -0.391. The van der Waals surface area contributed by atoms with Crippen LogP contribution in [0.15, 0.2) is 0 Å². The maximum absolute atomic E-state index is 13.6. The molecule has 2 bridgehead atoms. The van der Waals surface area contributed by atoms with Crippen LogP contribution in [0.2, 0.25) is 0 Å². The van der Waals surface area contributed by atoms with Crippen molar-refractivity contribution in [1.29, 1.82) is 0 Å². The molecule has 7 atom stereocenters. The van der Waals surface area contributed by atoms with E-state index in [0.29, 0.717) is 41.7 Å². The molecule has 1 aliphatic heterocycles. The number of carbonyl (C=O) groups is 1. The zero-order chi connectivity index (χ0) is 26.7. The summed E-state index contributed by atoms with van der Waals surface area (Å²) < 4.78 is 13.3. The van der Waals surface area contributed by atoms with Crippen molar-refractivity contribution in [3.63, 3.8) is 0 Å². The first-order valence-corrected chi connectivity index (χ1v) is 14.7. The minimum Gasteiger partial charge on any atom is -0.404 e. The third kappa shape index (κ3) is 6.85. The molecule has 1 saturated heterocycles. The fourth-order valence-electron chi connectivity index (χ4n) is 6.75. The molecule has 0 radical (unpaired) electrons. The first-order valence-electron chi connectivity index (χ1n) is 14.7. The summed E-state index contributed by atoms with van der Waals surface area (Å²) in [6.45, 7) is 20.4. The van der Waals surface area contributed by atoms with Crippen molar-refractivity contribution in [1.82, 2.24) is 16.0 Å². The predicted octanol–water partition coefficient (Wildman–Crippen LogP) is 3.51. The van der Waals surface area contributed by atoms with Crippen LogP contribution in [-0.4, -0.2) is 62.4 Å². The molecular weight excluding hydrogens is 451 g/mol. The van der Waals surface area contributed by atoms with Crippen LogP contribution in [0.1, 0.15) is 93.9 Å². The summed E-state index contributed by atoms with van der Waals surface area (Å²) >= 11 is 0. The van der Waals surface area contributed by atoms with Crippen LogP contribution in [0.5, 0.6) is 0 Å². The van der Waals surface area contributed by atoms with Crippen LogP contribution in [-0.2, 0) is 14.1 Å². The Morgan fingerprint density at radius 2 is 1.75 bits per heavy atom. The van der Waals surface area contributed by atoms with Crippen molar-refractivity contribution in [3.05, 3.63) is 0 Å². The number of nitrogens with one attached hydrogen (secondary N) is 3. The first kappa shape index (κ1) is 29.9.